The molecule has 0 spiro atoms. The standard InChI is InChI=1S/C30H32F3N3O5/c1-18(2)40-27(37)13-10-21-14-19(3)25(30(31,32)33)16-26(21)36-29(39)35-17-20-8-11-23(12-9-20)41-24-7-5-6-22(15-24)28(38)34-4/h5-9,11-12,14-16,18H,10,13,17H2,1-4H3,(H,34,38)(H2,35,36,39). The van der Waals surface area contributed by atoms with Crippen molar-refractivity contribution in [1.82, 2.24) is 10.6 Å². The van der Waals surface area contributed by atoms with Crippen LogP contribution in [0.15, 0.2) is 60.7 Å². The zero-order valence-corrected chi connectivity index (χ0v) is 23.1. The number of benzene rings is 3. The minimum Gasteiger partial charge on any atom is -0.463 e. The molecular weight excluding hydrogens is 539 g/mol. The molecule has 0 aliphatic carbocycles. The van der Waals surface area contributed by atoms with Gasteiger partial charge in [0.1, 0.15) is 11.5 Å². The third kappa shape index (κ3) is 9.26. The van der Waals surface area contributed by atoms with Gasteiger partial charge in [0.05, 0.1) is 11.7 Å². The number of anilines is 1. The minimum atomic E-state index is -4.61. The summed E-state index contributed by atoms with van der Waals surface area (Å²) in [6, 6.07) is 15.0. The molecule has 3 N–H and O–H groups in total. The largest absolute Gasteiger partial charge is 0.463 e. The molecular formula is C30H32F3N3O5. The second kappa shape index (κ2) is 13.7. The van der Waals surface area contributed by atoms with Crippen molar-refractivity contribution in [2.45, 2.75) is 52.4 Å². The quantitative estimate of drug-likeness (QED) is 0.245. The van der Waals surface area contributed by atoms with Crippen molar-refractivity contribution in [2.75, 3.05) is 12.4 Å². The van der Waals surface area contributed by atoms with Crippen molar-refractivity contribution in [1.29, 1.82) is 0 Å². The van der Waals surface area contributed by atoms with Crippen molar-refractivity contribution in [3.05, 3.63) is 88.5 Å². The topological polar surface area (TPSA) is 106 Å². The number of urea groups is 1. The summed E-state index contributed by atoms with van der Waals surface area (Å²) >= 11 is 0. The highest BCUT2D eigenvalue weighted by atomic mass is 19.4. The maximum absolute atomic E-state index is 13.5. The summed E-state index contributed by atoms with van der Waals surface area (Å²) in [6.45, 7) is 4.82. The van der Waals surface area contributed by atoms with Crippen LogP contribution in [0.2, 0.25) is 0 Å². The molecule has 0 aliphatic rings. The smallest absolute Gasteiger partial charge is 0.416 e. The van der Waals surface area contributed by atoms with E-state index >= 15 is 0 Å². The summed E-state index contributed by atoms with van der Waals surface area (Å²) in [7, 11) is 1.54. The van der Waals surface area contributed by atoms with Crippen LogP contribution in [0.5, 0.6) is 11.5 Å². The third-order valence-electron chi connectivity index (χ3n) is 5.90. The molecule has 41 heavy (non-hydrogen) atoms. The number of rotatable bonds is 10. The Kier molecular flexibility index (Phi) is 10.3. The van der Waals surface area contributed by atoms with Gasteiger partial charge in [-0.25, -0.2) is 4.79 Å². The lowest BCUT2D eigenvalue weighted by Gasteiger charge is -2.18. The Labute approximate surface area is 236 Å². The number of hydrogen-bond donors (Lipinski definition) is 3. The van der Waals surface area contributed by atoms with Crippen LogP contribution in [0.25, 0.3) is 0 Å². The highest BCUT2D eigenvalue weighted by Crippen LogP contribution is 2.35. The van der Waals surface area contributed by atoms with Crippen LogP contribution in [0, 0.1) is 6.92 Å². The van der Waals surface area contributed by atoms with Gasteiger partial charge in [-0.3, -0.25) is 9.59 Å². The van der Waals surface area contributed by atoms with Crippen molar-refractivity contribution >= 4 is 23.6 Å². The average molecular weight is 572 g/mol. The monoisotopic (exact) mass is 571 g/mol. The normalized spacial score (nSPS) is 11.1. The summed E-state index contributed by atoms with van der Waals surface area (Å²) in [6.07, 6.45) is -4.89. The highest BCUT2D eigenvalue weighted by Gasteiger charge is 2.33. The third-order valence-corrected chi connectivity index (χ3v) is 5.90. The summed E-state index contributed by atoms with van der Waals surface area (Å²) in [5.74, 6) is 0.254. The number of aryl methyl sites for hydroxylation is 2. The van der Waals surface area contributed by atoms with E-state index in [1.807, 2.05) is 0 Å². The fourth-order valence-electron chi connectivity index (χ4n) is 3.96. The number of esters is 1. The second-order valence-corrected chi connectivity index (χ2v) is 9.52. The van der Waals surface area contributed by atoms with Crippen LogP contribution < -0.4 is 20.7 Å². The van der Waals surface area contributed by atoms with Crippen molar-refractivity contribution < 1.29 is 37.0 Å². The Morgan fingerprint density at radius 2 is 1.66 bits per heavy atom. The fraction of sp³-hybridized carbons (Fsp3) is 0.300. The SMILES string of the molecule is CNC(=O)c1cccc(Oc2ccc(CNC(=O)Nc3cc(C(F)(F)F)c(C)cc3CCC(=O)OC(C)C)cc2)c1. The average Bonchev–Trinajstić information content (AvgIpc) is 2.91. The van der Waals surface area contributed by atoms with E-state index in [1.165, 1.54) is 20.0 Å². The maximum atomic E-state index is 13.5. The van der Waals surface area contributed by atoms with E-state index in [0.717, 1.165) is 6.07 Å². The number of amides is 3. The summed E-state index contributed by atoms with van der Waals surface area (Å²) in [4.78, 5) is 36.4. The lowest BCUT2D eigenvalue weighted by atomic mass is 9.99. The van der Waals surface area contributed by atoms with Crippen molar-refractivity contribution in [3.63, 3.8) is 0 Å². The van der Waals surface area contributed by atoms with E-state index < -0.39 is 23.7 Å². The Morgan fingerprint density at radius 1 is 0.951 bits per heavy atom. The van der Waals surface area contributed by atoms with Gasteiger partial charge in [0.25, 0.3) is 5.91 Å². The number of carbonyl (C=O) groups is 3. The zero-order valence-electron chi connectivity index (χ0n) is 23.1. The first kappa shape index (κ1) is 31.0. The molecule has 3 aromatic rings. The number of alkyl halides is 3. The summed E-state index contributed by atoms with van der Waals surface area (Å²) in [5, 5.41) is 7.66. The lowest BCUT2D eigenvalue weighted by Crippen LogP contribution is -2.29. The summed E-state index contributed by atoms with van der Waals surface area (Å²) in [5.41, 5.74) is 0.611. The molecule has 218 valence electrons. The maximum Gasteiger partial charge on any atom is 0.416 e. The predicted molar refractivity (Wildman–Crippen MR) is 148 cm³/mol. The molecule has 11 heteroatoms. The van der Waals surface area contributed by atoms with Gasteiger partial charge in [0.15, 0.2) is 0 Å². The molecule has 0 saturated carbocycles. The first-order valence-electron chi connectivity index (χ1n) is 12.9. The van der Waals surface area contributed by atoms with E-state index in [9.17, 15) is 27.6 Å². The molecule has 0 saturated heterocycles. The first-order chi connectivity index (χ1) is 19.3. The number of ether oxygens (including phenoxy) is 2. The Morgan fingerprint density at radius 3 is 2.29 bits per heavy atom. The van der Waals surface area contributed by atoms with Gasteiger partial charge in [-0.05, 0) is 80.3 Å². The van der Waals surface area contributed by atoms with Gasteiger partial charge in [-0.15, -0.1) is 0 Å². The molecule has 0 atom stereocenters. The second-order valence-electron chi connectivity index (χ2n) is 9.52. The number of nitrogens with one attached hydrogen (secondary N) is 3. The van der Waals surface area contributed by atoms with Gasteiger partial charge < -0.3 is 25.4 Å². The van der Waals surface area contributed by atoms with E-state index in [0.29, 0.717) is 28.2 Å². The highest BCUT2D eigenvalue weighted by molar-refractivity contribution is 5.94. The molecule has 0 aliphatic heterocycles. The molecule has 8 nitrogen and oxygen atoms in total. The molecule has 3 rings (SSSR count). The molecule has 0 fully saturated rings. The molecule has 0 unspecified atom stereocenters. The molecule has 3 aromatic carbocycles. The Bertz CT molecular complexity index is 1390. The van der Waals surface area contributed by atoms with Gasteiger partial charge in [-0.2, -0.15) is 13.2 Å². The van der Waals surface area contributed by atoms with Gasteiger partial charge >= 0.3 is 18.2 Å². The molecule has 0 bridgehead atoms. The van der Waals surface area contributed by atoms with E-state index in [4.69, 9.17) is 9.47 Å². The number of carbonyl (C=O) groups excluding carboxylic acids is 3. The van der Waals surface area contributed by atoms with E-state index in [-0.39, 0.29) is 42.6 Å². The molecule has 0 aromatic heterocycles. The molecule has 0 radical (unpaired) electrons. The molecule has 0 heterocycles. The number of hydrogen-bond acceptors (Lipinski definition) is 5. The number of halogens is 3. The van der Waals surface area contributed by atoms with E-state index in [2.05, 4.69) is 16.0 Å². The van der Waals surface area contributed by atoms with Gasteiger partial charge in [0.2, 0.25) is 0 Å². The van der Waals surface area contributed by atoms with Crippen LogP contribution in [0.3, 0.4) is 0 Å². The van der Waals surface area contributed by atoms with Crippen LogP contribution >= 0.6 is 0 Å². The lowest BCUT2D eigenvalue weighted by molar-refractivity contribution is -0.147. The predicted octanol–water partition coefficient (Wildman–Crippen LogP) is 6.37. The van der Waals surface area contributed by atoms with Crippen LogP contribution in [0.4, 0.5) is 23.7 Å². The van der Waals surface area contributed by atoms with Crippen molar-refractivity contribution in [2.24, 2.45) is 0 Å². The minimum absolute atomic E-state index is 0.0154. The van der Waals surface area contributed by atoms with Gasteiger partial charge in [0, 0.05) is 31.3 Å². The first-order valence-corrected chi connectivity index (χ1v) is 12.9. The zero-order chi connectivity index (χ0) is 30.2. The fourth-order valence-corrected chi connectivity index (χ4v) is 3.96. The van der Waals surface area contributed by atoms with Crippen LogP contribution in [-0.2, 0) is 28.7 Å². The summed E-state index contributed by atoms with van der Waals surface area (Å²) < 4.78 is 51.5. The Hall–Kier alpha value is -4.54. The van der Waals surface area contributed by atoms with E-state index in [1.54, 1.807) is 62.4 Å². The Balaban J connectivity index is 1.65. The molecule has 3 amide bonds. The van der Waals surface area contributed by atoms with Crippen LogP contribution in [0.1, 0.15) is 52.9 Å². The van der Waals surface area contributed by atoms with Gasteiger partial charge in [-0.1, -0.05) is 24.3 Å². The van der Waals surface area contributed by atoms with Crippen LogP contribution in [-0.4, -0.2) is 31.1 Å². The van der Waals surface area contributed by atoms with Crippen molar-refractivity contribution in [3.8, 4) is 11.5 Å².